The summed E-state index contributed by atoms with van der Waals surface area (Å²) < 4.78 is 1.13. The number of aryl methyl sites for hydroxylation is 1. The third kappa shape index (κ3) is 4.89. The van der Waals surface area contributed by atoms with Crippen LogP contribution in [-0.4, -0.2) is 0 Å². The van der Waals surface area contributed by atoms with E-state index in [0.717, 1.165) is 10.9 Å². The van der Waals surface area contributed by atoms with E-state index in [0.29, 0.717) is 6.04 Å². The number of halogens is 1. The highest BCUT2D eigenvalue weighted by Gasteiger charge is 2.09. The molecule has 2 heteroatoms. The summed E-state index contributed by atoms with van der Waals surface area (Å²) >= 11 is 3.55. The first-order valence-electron chi connectivity index (χ1n) is 7.84. The Bertz CT molecular complexity index is 548. The van der Waals surface area contributed by atoms with Gasteiger partial charge in [0.2, 0.25) is 0 Å². The molecule has 0 amide bonds. The molecule has 2 aromatic rings. The molecule has 0 aliphatic carbocycles. The molecule has 2 aromatic carbocycles. The smallest absolute Gasteiger partial charge is 0.0511 e. The number of nitrogens with one attached hydrogen (secondary N) is 1. The third-order valence-electron chi connectivity index (χ3n) is 3.77. The first-order chi connectivity index (χ1) is 10.2. The van der Waals surface area contributed by atoms with Gasteiger partial charge < -0.3 is 5.32 Å². The maximum Gasteiger partial charge on any atom is 0.0511 e. The van der Waals surface area contributed by atoms with E-state index in [9.17, 15) is 0 Å². The lowest BCUT2D eigenvalue weighted by Gasteiger charge is -2.19. The maximum atomic E-state index is 3.63. The molecule has 1 N–H and O–H groups in total. The lowest BCUT2D eigenvalue weighted by Crippen LogP contribution is -2.09. The van der Waals surface area contributed by atoms with Crippen LogP contribution in [0.4, 0.5) is 5.69 Å². The fourth-order valence-corrected chi connectivity index (χ4v) is 2.91. The summed E-state index contributed by atoms with van der Waals surface area (Å²) in [6, 6.07) is 17.8. The Labute approximate surface area is 136 Å². The van der Waals surface area contributed by atoms with Crippen LogP contribution in [-0.2, 0) is 6.42 Å². The summed E-state index contributed by atoms with van der Waals surface area (Å²) in [5.41, 5.74) is 3.95. The SMILES string of the molecule is CCCCc1ccc(NC(CC)c2cccc(Br)c2)cc1. The van der Waals surface area contributed by atoms with E-state index >= 15 is 0 Å². The van der Waals surface area contributed by atoms with E-state index in [1.807, 2.05) is 0 Å². The number of unbranched alkanes of at least 4 members (excludes halogenated alkanes) is 1. The number of hydrogen-bond donors (Lipinski definition) is 1. The fourth-order valence-electron chi connectivity index (χ4n) is 2.49. The second-order valence-electron chi connectivity index (χ2n) is 5.46. The zero-order chi connectivity index (χ0) is 15.1. The largest absolute Gasteiger partial charge is 0.378 e. The quantitative estimate of drug-likeness (QED) is 0.615. The molecule has 0 aliphatic heterocycles. The van der Waals surface area contributed by atoms with Gasteiger partial charge in [-0.3, -0.25) is 0 Å². The normalized spacial score (nSPS) is 12.1. The molecule has 0 bridgehead atoms. The van der Waals surface area contributed by atoms with Crippen molar-refractivity contribution in [3.05, 3.63) is 64.1 Å². The highest BCUT2D eigenvalue weighted by atomic mass is 79.9. The molecule has 1 atom stereocenters. The minimum atomic E-state index is 0.351. The van der Waals surface area contributed by atoms with Crippen molar-refractivity contribution in [1.29, 1.82) is 0 Å². The number of anilines is 1. The Hall–Kier alpha value is -1.28. The fraction of sp³-hybridized carbons (Fsp3) is 0.368. The summed E-state index contributed by atoms with van der Waals surface area (Å²) in [4.78, 5) is 0. The molecule has 0 fully saturated rings. The molecular weight excluding hydrogens is 322 g/mol. The van der Waals surface area contributed by atoms with E-state index in [1.54, 1.807) is 0 Å². The van der Waals surface area contributed by atoms with E-state index in [1.165, 1.54) is 36.1 Å². The van der Waals surface area contributed by atoms with Gasteiger partial charge in [-0.15, -0.1) is 0 Å². The Morgan fingerprint density at radius 3 is 2.43 bits per heavy atom. The Kier molecular flexibility index (Phi) is 6.31. The second-order valence-corrected chi connectivity index (χ2v) is 6.38. The van der Waals surface area contributed by atoms with Crippen LogP contribution in [0.2, 0.25) is 0 Å². The average molecular weight is 346 g/mol. The minimum Gasteiger partial charge on any atom is -0.378 e. The molecule has 0 spiro atoms. The van der Waals surface area contributed by atoms with Gasteiger partial charge in [-0.05, 0) is 54.7 Å². The number of rotatable bonds is 7. The lowest BCUT2D eigenvalue weighted by molar-refractivity contribution is 0.748. The van der Waals surface area contributed by atoms with Crippen molar-refractivity contribution in [2.75, 3.05) is 5.32 Å². The van der Waals surface area contributed by atoms with Crippen molar-refractivity contribution in [3.63, 3.8) is 0 Å². The molecular formula is C19H24BrN. The summed E-state index contributed by atoms with van der Waals surface area (Å²) in [5, 5.41) is 3.63. The van der Waals surface area contributed by atoms with Gasteiger partial charge in [-0.25, -0.2) is 0 Å². The maximum absolute atomic E-state index is 3.63. The second kappa shape index (κ2) is 8.23. The lowest BCUT2D eigenvalue weighted by atomic mass is 10.0. The molecule has 0 saturated heterocycles. The molecule has 0 aromatic heterocycles. The molecule has 21 heavy (non-hydrogen) atoms. The molecule has 112 valence electrons. The van der Waals surface area contributed by atoms with Crippen molar-refractivity contribution in [3.8, 4) is 0 Å². The van der Waals surface area contributed by atoms with Gasteiger partial charge in [-0.1, -0.05) is 60.5 Å². The zero-order valence-electron chi connectivity index (χ0n) is 12.9. The van der Waals surface area contributed by atoms with Crippen LogP contribution >= 0.6 is 15.9 Å². The Morgan fingerprint density at radius 2 is 1.81 bits per heavy atom. The summed E-state index contributed by atoms with van der Waals surface area (Å²) in [6.07, 6.45) is 4.76. The minimum absolute atomic E-state index is 0.351. The predicted molar refractivity (Wildman–Crippen MR) is 95.9 cm³/mol. The van der Waals surface area contributed by atoms with Crippen LogP contribution in [0.15, 0.2) is 53.0 Å². The first kappa shape index (κ1) is 16.1. The van der Waals surface area contributed by atoms with Crippen LogP contribution in [0.25, 0.3) is 0 Å². The van der Waals surface area contributed by atoms with Crippen LogP contribution in [0.3, 0.4) is 0 Å². The van der Waals surface area contributed by atoms with Gasteiger partial charge in [0, 0.05) is 10.2 Å². The highest BCUT2D eigenvalue weighted by Crippen LogP contribution is 2.25. The summed E-state index contributed by atoms with van der Waals surface area (Å²) in [7, 11) is 0. The van der Waals surface area contributed by atoms with Gasteiger partial charge in [0.05, 0.1) is 6.04 Å². The Morgan fingerprint density at radius 1 is 1.05 bits per heavy atom. The highest BCUT2D eigenvalue weighted by molar-refractivity contribution is 9.10. The van der Waals surface area contributed by atoms with Crippen molar-refractivity contribution >= 4 is 21.6 Å². The van der Waals surface area contributed by atoms with Crippen LogP contribution in [0.1, 0.15) is 50.3 Å². The first-order valence-corrected chi connectivity index (χ1v) is 8.63. The third-order valence-corrected chi connectivity index (χ3v) is 4.27. The van der Waals surface area contributed by atoms with E-state index in [4.69, 9.17) is 0 Å². The van der Waals surface area contributed by atoms with Crippen molar-refractivity contribution in [2.24, 2.45) is 0 Å². The summed E-state index contributed by atoms with van der Waals surface area (Å²) in [5.74, 6) is 0. The van der Waals surface area contributed by atoms with Gasteiger partial charge in [0.1, 0.15) is 0 Å². The van der Waals surface area contributed by atoms with Crippen LogP contribution in [0, 0.1) is 0 Å². The molecule has 0 aliphatic rings. The van der Waals surface area contributed by atoms with Gasteiger partial charge in [-0.2, -0.15) is 0 Å². The van der Waals surface area contributed by atoms with Gasteiger partial charge in [0.25, 0.3) is 0 Å². The van der Waals surface area contributed by atoms with Crippen LogP contribution < -0.4 is 5.32 Å². The molecule has 1 nitrogen and oxygen atoms in total. The van der Waals surface area contributed by atoms with E-state index < -0.39 is 0 Å². The van der Waals surface area contributed by atoms with Crippen molar-refractivity contribution in [2.45, 2.75) is 45.6 Å². The number of hydrogen-bond acceptors (Lipinski definition) is 1. The molecule has 0 radical (unpaired) electrons. The molecule has 0 heterocycles. The van der Waals surface area contributed by atoms with E-state index in [2.05, 4.69) is 83.6 Å². The molecule has 0 saturated carbocycles. The van der Waals surface area contributed by atoms with Gasteiger partial charge in [0.15, 0.2) is 0 Å². The Balaban J connectivity index is 2.04. The molecule has 2 rings (SSSR count). The topological polar surface area (TPSA) is 12.0 Å². The van der Waals surface area contributed by atoms with Gasteiger partial charge >= 0.3 is 0 Å². The predicted octanol–water partition coefficient (Wildman–Crippen LogP) is 6.35. The van der Waals surface area contributed by atoms with Crippen molar-refractivity contribution in [1.82, 2.24) is 0 Å². The monoisotopic (exact) mass is 345 g/mol. The summed E-state index contributed by atoms with van der Waals surface area (Å²) in [6.45, 7) is 4.45. The number of benzene rings is 2. The van der Waals surface area contributed by atoms with E-state index in [-0.39, 0.29) is 0 Å². The van der Waals surface area contributed by atoms with Crippen LogP contribution in [0.5, 0.6) is 0 Å². The molecule has 1 unspecified atom stereocenters. The zero-order valence-corrected chi connectivity index (χ0v) is 14.5. The van der Waals surface area contributed by atoms with Crippen molar-refractivity contribution < 1.29 is 0 Å². The average Bonchev–Trinajstić information content (AvgIpc) is 2.51. The standard InChI is InChI=1S/C19H24BrN/c1-3-5-7-15-10-12-18(13-11-15)21-19(4-2)16-8-6-9-17(20)14-16/h6,8-14,19,21H,3-5,7H2,1-2H3.